The number of hydrogen-bond acceptors (Lipinski definition) is 4. The van der Waals surface area contributed by atoms with Gasteiger partial charge < -0.3 is 14.8 Å². The quantitative estimate of drug-likeness (QED) is 0.704. The summed E-state index contributed by atoms with van der Waals surface area (Å²) in [6.45, 7) is 2.84. The first-order valence-corrected chi connectivity index (χ1v) is 10.4. The van der Waals surface area contributed by atoms with Crippen molar-refractivity contribution in [2.75, 3.05) is 16.8 Å². The largest absolute Gasteiger partial charge is 0.326 e. The molecule has 1 saturated heterocycles. The number of anilines is 2. The summed E-state index contributed by atoms with van der Waals surface area (Å²) in [4.78, 5) is 26.7. The zero-order chi connectivity index (χ0) is 21.5. The van der Waals surface area contributed by atoms with E-state index in [9.17, 15) is 14.0 Å². The van der Waals surface area contributed by atoms with E-state index in [2.05, 4.69) is 20.1 Å². The molecule has 5 rings (SSSR count). The van der Waals surface area contributed by atoms with Gasteiger partial charge in [-0.3, -0.25) is 9.59 Å². The van der Waals surface area contributed by atoms with E-state index in [0.29, 0.717) is 5.69 Å². The van der Waals surface area contributed by atoms with Gasteiger partial charge in [0.2, 0.25) is 11.8 Å². The fourth-order valence-electron chi connectivity index (χ4n) is 4.29. The fraction of sp³-hybridized carbons (Fsp3) is 0.304. The molecule has 158 valence electrons. The van der Waals surface area contributed by atoms with Crippen molar-refractivity contribution in [2.45, 2.75) is 32.7 Å². The summed E-state index contributed by atoms with van der Waals surface area (Å²) in [6.07, 6.45) is 2.04. The molecule has 0 spiro atoms. The number of nitrogens with zero attached hydrogens (tertiary/aromatic N) is 4. The first-order valence-electron chi connectivity index (χ1n) is 10.4. The predicted octanol–water partition coefficient (Wildman–Crippen LogP) is 3.33. The molecule has 2 aromatic carbocycles. The van der Waals surface area contributed by atoms with Gasteiger partial charge in [0.25, 0.3) is 0 Å². The van der Waals surface area contributed by atoms with Crippen molar-refractivity contribution in [3.63, 3.8) is 0 Å². The van der Waals surface area contributed by atoms with Crippen molar-refractivity contribution in [3.8, 4) is 11.4 Å². The van der Waals surface area contributed by atoms with E-state index in [4.69, 9.17) is 0 Å². The first-order chi connectivity index (χ1) is 15.0. The summed E-state index contributed by atoms with van der Waals surface area (Å²) >= 11 is 0. The Morgan fingerprint density at radius 1 is 1.19 bits per heavy atom. The molecule has 1 fully saturated rings. The number of hydrogen-bond donors (Lipinski definition) is 1. The lowest BCUT2D eigenvalue weighted by Gasteiger charge is -2.18. The molecule has 2 amide bonds. The van der Waals surface area contributed by atoms with Crippen LogP contribution in [-0.2, 0) is 22.6 Å². The van der Waals surface area contributed by atoms with Crippen molar-refractivity contribution in [1.82, 2.24) is 14.8 Å². The van der Waals surface area contributed by atoms with E-state index in [0.717, 1.165) is 42.2 Å². The molecule has 0 bridgehead atoms. The number of carbonyl (C=O) groups is 2. The highest BCUT2D eigenvalue weighted by atomic mass is 19.1. The van der Waals surface area contributed by atoms with Crippen molar-refractivity contribution in [1.29, 1.82) is 0 Å². The Balaban J connectivity index is 1.31. The maximum atomic E-state index is 14.3. The Hall–Kier alpha value is -3.55. The highest BCUT2D eigenvalue weighted by Gasteiger charge is 2.36. The van der Waals surface area contributed by atoms with Crippen LogP contribution in [0.5, 0.6) is 0 Å². The van der Waals surface area contributed by atoms with Gasteiger partial charge in [-0.2, -0.15) is 0 Å². The summed E-state index contributed by atoms with van der Waals surface area (Å²) in [6, 6.07) is 12.2. The molecule has 2 aliphatic rings. The smallest absolute Gasteiger partial charge is 0.229 e. The zero-order valence-electron chi connectivity index (χ0n) is 17.1. The molecule has 1 atom stereocenters. The number of fused-ring (bicyclic) bond motifs is 1. The number of halogens is 1. The molecule has 0 radical (unpaired) electrons. The number of benzene rings is 2. The minimum absolute atomic E-state index is 0.0521. The Kier molecular flexibility index (Phi) is 4.77. The third-order valence-electron chi connectivity index (χ3n) is 5.89. The van der Waals surface area contributed by atoms with Crippen molar-refractivity contribution >= 4 is 23.2 Å². The SMILES string of the molecule is Cc1ccc(N2C[C@H](C(=O)Nc3cccc(-c4nnc5n4CCC5)c3)CC2=O)c(F)c1. The van der Waals surface area contributed by atoms with E-state index in [1.807, 2.05) is 18.2 Å². The van der Waals surface area contributed by atoms with Crippen LogP contribution in [0.3, 0.4) is 0 Å². The average molecular weight is 419 g/mol. The Morgan fingerprint density at radius 3 is 2.90 bits per heavy atom. The van der Waals surface area contributed by atoms with Crippen LogP contribution in [0.15, 0.2) is 42.5 Å². The molecule has 1 N–H and O–H groups in total. The number of aryl methyl sites for hydroxylation is 2. The number of carbonyl (C=O) groups excluding carboxylic acids is 2. The van der Waals surface area contributed by atoms with Crippen molar-refractivity contribution < 1.29 is 14.0 Å². The van der Waals surface area contributed by atoms with E-state index < -0.39 is 11.7 Å². The number of nitrogens with one attached hydrogen (secondary N) is 1. The van der Waals surface area contributed by atoms with E-state index in [1.165, 1.54) is 11.0 Å². The van der Waals surface area contributed by atoms with Crippen LogP contribution in [0.2, 0.25) is 0 Å². The normalized spacial score (nSPS) is 17.8. The maximum Gasteiger partial charge on any atom is 0.229 e. The summed E-state index contributed by atoms with van der Waals surface area (Å²) in [5, 5.41) is 11.4. The summed E-state index contributed by atoms with van der Waals surface area (Å²) in [7, 11) is 0. The van der Waals surface area contributed by atoms with Gasteiger partial charge in [-0.25, -0.2) is 4.39 Å². The van der Waals surface area contributed by atoms with E-state index in [1.54, 1.807) is 25.1 Å². The van der Waals surface area contributed by atoms with Gasteiger partial charge >= 0.3 is 0 Å². The lowest BCUT2D eigenvalue weighted by Crippen LogP contribution is -2.28. The predicted molar refractivity (Wildman–Crippen MR) is 114 cm³/mol. The van der Waals surface area contributed by atoms with Crippen LogP contribution < -0.4 is 10.2 Å². The summed E-state index contributed by atoms with van der Waals surface area (Å²) < 4.78 is 16.4. The monoisotopic (exact) mass is 419 g/mol. The molecule has 3 aromatic rings. The molecule has 1 aromatic heterocycles. The van der Waals surface area contributed by atoms with Gasteiger partial charge in [0.1, 0.15) is 11.6 Å². The zero-order valence-corrected chi connectivity index (χ0v) is 17.1. The molecular weight excluding hydrogens is 397 g/mol. The molecule has 8 heteroatoms. The Bertz CT molecular complexity index is 1190. The third-order valence-corrected chi connectivity index (χ3v) is 5.89. The maximum absolute atomic E-state index is 14.3. The summed E-state index contributed by atoms with van der Waals surface area (Å²) in [5.41, 5.74) is 2.50. The van der Waals surface area contributed by atoms with Crippen molar-refractivity contribution in [3.05, 3.63) is 59.7 Å². The van der Waals surface area contributed by atoms with Gasteiger partial charge in [-0.15, -0.1) is 10.2 Å². The first kappa shape index (κ1) is 19.4. The Labute approximate surface area is 178 Å². The minimum atomic E-state index is -0.547. The van der Waals surface area contributed by atoms with Gasteiger partial charge in [-0.05, 0) is 43.2 Å². The second-order valence-electron chi connectivity index (χ2n) is 8.13. The standard InChI is InChI=1S/C23H22FN5O2/c1-14-7-8-19(18(24)10-14)29-13-16(12-21(29)30)23(31)25-17-5-2-4-15(11-17)22-27-26-20-6-3-9-28(20)22/h2,4-5,7-8,10-11,16H,3,6,9,12-13H2,1H3,(H,25,31)/t16-/m1/s1. The second kappa shape index (κ2) is 7.61. The lowest BCUT2D eigenvalue weighted by molar-refractivity contribution is -0.122. The van der Waals surface area contributed by atoms with Gasteiger partial charge in [-0.1, -0.05) is 18.2 Å². The van der Waals surface area contributed by atoms with Crippen LogP contribution in [0.25, 0.3) is 11.4 Å². The summed E-state index contributed by atoms with van der Waals surface area (Å²) in [5.74, 6) is 0.262. The number of aromatic nitrogens is 3. The van der Waals surface area contributed by atoms with Crippen LogP contribution in [0.4, 0.5) is 15.8 Å². The highest BCUT2D eigenvalue weighted by Crippen LogP contribution is 2.30. The van der Waals surface area contributed by atoms with Crippen LogP contribution in [0.1, 0.15) is 24.2 Å². The minimum Gasteiger partial charge on any atom is -0.326 e. The van der Waals surface area contributed by atoms with Crippen LogP contribution in [0, 0.1) is 18.7 Å². The van der Waals surface area contributed by atoms with Crippen molar-refractivity contribution in [2.24, 2.45) is 5.92 Å². The molecule has 3 heterocycles. The Morgan fingerprint density at radius 2 is 2.06 bits per heavy atom. The molecule has 0 aliphatic carbocycles. The average Bonchev–Trinajstić information content (AvgIpc) is 3.44. The van der Waals surface area contributed by atoms with E-state index in [-0.39, 0.29) is 30.5 Å². The highest BCUT2D eigenvalue weighted by molar-refractivity contribution is 6.03. The third kappa shape index (κ3) is 3.58. The van der Waals surface area contributed by atoms with Crippen LogP contribution >= 0.6 is 0 Å². The topological polar surface area (TPSA) is 80.1 Å². The van der Waals surface area contributed by atoms with Gasteiger partial charge in [0.15, 0.2) is 5.82 Å². The molecular formula is C23H22FN5O2. The lowest BCUT2D eigenvalue weighted by atomic mass is 10.1. The molecule has 0 unspecified atom stereocenters. The molecule has 2 aliphatic heterocycles. The van der Waals surface area contributed by atoms with Gasteiger partial charge in [0, 0.05) is 37.2 Å². The van der Waals surface area contributed by atoms with E-state index >= 15 is 0 Å². The number of amides is 2. The second-order valence-corrected chi connectivity index (χ2v) is 8.13. The number of rotatable bonds is 4. The molecule has 0 saturated carbocycles. The molecule has 31 heavy (non-hydrogen) atoms. The fourth-order valence-corrected chi connectivity index (χ4v) is 4.29. The van der Waals surface area contributed by atoms with Crippen LogP contribution in [-0.4, -0.2) is 33.1 Å². The van der Waals surface area contributed by atoms with Gasteiger partial charge in [0.05, 0.1) is 11.6 Å². The molecule has 7 nitrogen and oxygen atoms in total.